The second-order valence-corrected chi connectivity index (χ2v) is 5.61. The second kappa shape index (κ2) is 5.10. The van der Waals surface area contributed by atoms with Crippen LogP contribution in [0.5, 0.6) is 0 Å². The van der Waals surface area contributed by atoms with E-state index in [0.717, 1.165) is 30.8 Å². The van der Waals surface area contributed by atoms with Gasteiger partial charge >= 0.3 is 0 Å². The van der Waals surface area contributed by atoms with Gasteiger partial charge in [-0.3, -0.25) is 4.79 Å². The highest BCUT2D eigenvalue weighted by Crippen LogP contribution is 2.30. The molecule has 0 aliphatic heterocycles. The average molecular weight is 260 g/mol. The molecule has 1 amide bonds. The van der Waals surface area contributed by atoms with Crippen LogP contribution in [0.3, 0.4) is 0 Å². The largest absolute Gasteiger partial charge is 0.336 e. The first-order valence-electron chi connectivity index (χ1n) is 5.49. The van der Waals surface area contributed by atoms with Gasteiger partial charge in [-0.2, -0.15) is 0 Å². The number of amides is 1. The number of carbonyl (C=O) groups is 1. The maximum absolute atomic E-state index is 12.1. The smallest absolute Gasteiger partial charge is 0.284 e. The van der Waals surface area contributed by atoms with Crippen molar-refractivity contribution in [2.45, 2.75) is 26.2 Å². The Morgan fingerprint density at radius 1 is 1.56 bits per heavy atom. The first-order chi connectivity index (χ1) is 7.70. The SMILES string of the molecule is CCCN(CC1CC1)C(=O)c1nnc(Cl)s1. The minimum Gasteiger partial charge on any atom is -0.336 e. The molecule has 1 saturated carbocycles. The van der Waals surface area contributed by atoms with Crippen LogP contribution in [0.25, 0.3) is 0 Å². The fourth-order valence-corrected chi connectivity index (χ4v) is 2.38. The molecule has 4 nitrogen and oxygen atoms in total. The summed E-state index contributed by atoms with van der Waals surface area (Å²) < 4.78 is 0.325. The molecule has 16 heavy (non-hydrogen) atoms. The van der Waals surface area contributed by atoms with Crippen molar-refractivity contribution >= 4 is 28.8 Å². The van der Waals surface area contributed by atoms with Gasteiger partial charge < -0.3 is 4.90 Å². The van der Waals surface area contributed by atoms with Crippen LogP contribution in [0.2, 0.25) is 4.47 Å². The Morgan fingerprint density at radius 3 is 2.81 bits per heavy atom. The lowest BCUT2D eigenvalue weighted by atomic mass is 10.3. The predicted octanol–water partition coefficient (Wildman–Crippen LogP) is 2.45. The quantitative estimate of drug-likeness (QED) is 0.816. The zero-order valence-corrected chi connectivity index (χ0v) is 10.7. The zero-order valence-electron chi connectivity index (χ0n) is 9.15. The molecule has 0 unspecified atom stereocenters. The van der Waals surface area contributed by atoms with E-state index in [1.54, 1.807) is 0 Å². The van der Waals surface area contributed by atoms with Crippen molar-refractivity contribution in [3.8, 4) is 0 Å². The average Bonchev–Trinajstić information content (AvgIpc) is 2.97. The van der Waals surface area contributed by atoms with Crippen molar-refractivity contribution in [2.24, 2.45) is 5.92 Å². The topological polar surface area (TPSA) is 46.1 Å². The minimum atomic E-state index is -0.0295. The number of carbonyl (C=O) groups excluding carboxylic acids is 1. The first kappa shape index (κ1) is 11.8. The number of hydrogen-bond donors (Lipinski definition) is 0. The Balaban J connectivity index is 2.02. The minimum absolute atomic E-state index is 0.0295. The van der Waals surface area contributed by atoms with E-state index in [2.05, 4.69) is 17.1 Å². The predicted molar refractivity (Wildman–Crippen MR) is 63.8 cm³/mol. The fraction of sp³-hybridized carbons (Fsp3) is 0.700. The van der Waals surface area contributed by atoms with Gasteiger partial charge in [0.1, 0.15) is 0 Å². The summed E-state index contributed by atoms with van der Waals surface area (Å²) in [4.78, 5) is 14.0. The maximum atomic E-state index is 12.1. The van der Waals surface area contributed by atoms with Crippen LogP contribution in [0.1, 0.15) is 36.0 Å². The van der Waals surface area contributed by atoms with E-state index in [1.807, 2.05) is 4.90 Å². The molecule has 1 aliphatic carbocycles. The van der Waals surface area contributed by atoms with Gasteiger partial charge in [-0.15, -0.1) is 10.2 Å². The third kappa shape index (κ3) is 2.92. The molecule has 88 valence electrons. The lowest BCUT2D eigenvalue weighted by molar-refractivity contribution is 0.0746. The van der Waals surface area contributed by atoms with E-state index in [9.17, 15) is 4.79 Å². The Bertz CT molecular complexity index is 378. The molecule has 0 N–H and O–H groups in total. The van der Waals surface area contributed by atoms with E-state index in [4.69, 9.17) is 11.6 Å². The fourth-order valence-electron chi connectivity index (χ4n) is 1.58. The number of rotatable bonds is 5. The molecule has 1 heterocycles. The molecule has 0 saturated heterocycles. The number of hydrogen-bond acceptors (Lipinski definition) is 4. The van der Waals surface area contributed by atoms with E-state index >= 15 is 0 Å². The first-order valence-corrected chi connectivity index (χ1v) is 6.68. The molecular formula is C10H14ClN3OS. The Kier molecular flexibility index (Phi) is 3.76. The maximum Gasteiger partial charge on any atom is 0.284 e. The normalized spacial score (nSPS) is 15.1. The number of halogens is 1. The van der Waals surface area contributed by atoms with E-state index < -0.39 is 0 Å². The summed E-state index contributed by atoms with van der Waals surface area (Å²) in [5.74, 6) is 0.664. The molecule has 2 rings (SSSR count). The van der Waals surface area contributed by atoms with Gasteiger partial charge in [-0.25, -0.2) is 0 Å². The summed E-state index contributed by atoms with van der Waals surface area (Å²) in [6, 6.07) is 0. The van der Waals surface area contributed by atoms with Gasteiger partial charge in [0.25, 0.3) is 5.91 Å². The zero-order chi connectivity index (χ0) is 11.5. The molecule has 0 atom stereocenters. The standard InChI is InChI=1S/C10H14ClN3OS/c1-2-5-14(6-7-3-4-7)9(15)8-12-13-10(11)16-8/h7H,2-6H2,1H3. The Labute approximate surface area is 104 Å². The monoisotopic (exact) mass is 259 g/mol. The van der Waals surface area contributed by atoms with Gasteiger partial charge in [0.15, 0.2) is 0 Å². The molecule has 0 bridgehead atoms. The van der Waals surface area contributed by atoms with Crippen LogP contribution in [0.4, 0.5) is 0 Å². The lowest BCUT2D eigenvalue weighted by Crippen LogP contribution is -2.33. The van der Waals surface area contributed by atoms with Crippen LogP contribution in [-0.2, 0) is 0 Å². The van der Waals surface area contributed by atoms with Crippen LogP contribution in [-0.4, -0.2) is 34.1 Å². The third-order valence-electron chi connectivity index (χ3n) is 2.54. The van der Waals surface area contributed by atoms with Crippen LogP contribution < -0.4 is 0 Å². The second-order valence-electron chi connectivity index (χ2n) is 4.05. The Morgan fingerprint density at radius 2 is 2.31 bits per heavy atom. The highest BCUT2D eigenvalue weighted by molar-refractivity contribution is 7.17. The van der Waals surface area contributed by atoms with Gasteiger partial charge in [-0.1, -0.05) is 18.3 Å². The molecule has 1 aromatic heterocycles. The molecule has 0 radical (unpaired) electrons. The Hall–Kier alpha value is -0.680. The summed E-state index contributed by atoms with van der Waals surface area (Å²) in [7, 11) is 0. The molecule has 0 aromatic carbocycles. The van der Waals surface area contributed by atoms with Crippen molar-refractivity contribution < 1.29 is 4.79 Å². The van der Waals surface area contributed by atoms with Crippen LogP contribution >= 0.6 is 22.9 Å². The van der Waals surface area contributed by atoms with Gasteiger partial charge in [-0.05, 0) is 36.8 Å². The van der Waals surface area contributed by atoms with Crippen molar-refractivity contribution in [1.82, 2.24) is 15.1 Å². The van der Waals surface area contributed by atoms with E-state index in [-0.39, 0.29) is 5.91 Å². The summed E-state index contributed by atoms with van der Waals surface area (Å²) >= 11 is 6.83. The molecule has 0 spiro atoms. The van der Waals surface area contributed by atoms with Crippen molar-refractivity contribution in [3.63, 3.8) is 0 Å². The molecular weight excluding hydrogens is 246 g/mol. The summed E-state index contributed by atoms with van der Waals surface area (Å²) in [5.41, 5.74) is 0. The van der Waals surface area contributed by atoms with Gasteiger partial charge in [0, 0.05) is 13.1 Å². The number of nitrogens with zero attached hydrogens (tertiary/aromatic N) is 3. The molecule has 6 heteroatoms. The molecule has 1 aliphatic rings. The van der Waals surface area contributed by atoms with E-state index in [0.29, 0.717) is 15.4 Å². The highest BCUT2D eigenvalue weighted by atomic mass is 35.5. The molecule has 1 fully saturated rings. The summed E-state index contributed by atoms with van der Waals surface area (Å²) in [5, 5.41) is 7.86. The van der Waals surface area contributed by atoms with E-state index in [1.165, 1.54) is 12.8 Å². The van der Waals surface area contributed by atoms with Gasteiger partial charge in [0.05, 0.1) is 0 Å². The highest BCUT2D eigenvalue weighted by Gasteiger charge is 2.28. The third-order valence-corrected chi connectivity index (χ3v) is 3.55. The van der Waals surface area contributed by atoms with Crippen molar-refractivity contribution in [2.75, 3.05) is 13.1 Å². The molecule has 1 aromatic rings. The van der Waals surface area contributed by atoms with Gasteiger partial charge in [0.2, 0.25) is 9.47 Å². The number of aromatic nitrogens is 2. The van der Waals surface area contributed by atoms with Crippen LogP contribution in [0, 0.1) is 5.92 Å². The van der Waals surface area contributed by atoms with Crippen LogP contribution in [0.15, 0.2) is 0 Å². The van der Waals surface area contributed by atoms with Crippen molar-refractivity contribution in [3.05, 3.63) is 9.47 Å². The summed E-state index contributed by atoms with van der Waals surface area (Å²) in [6.45, 7) is 3.71. The lowest BCUT2D eigenvalue weighted by Gasteiger charge is -2.20. The van der Waals surface area contributed by atoms with Crippen molar-refractivity contribution in [1.29, 1.82) is 0 Å². The summed E-state index contributed by atoms with van der Waals surface area (Å²) in [6.07, 6.45) is 3.44.